The van der Waals surface area contributed by atoms with E-state index in [-0.39, 0.29) is 0 Å². The fourth-order valence-electron chi connectivity index (χ4n) is 4.88. The van der Waals surface area contributed by atoms with Crippen molar-refractivity contribution in [1.29, 1.82) is 0 Å². The van der Waals surface area contributed by atoms with Gasteiger partial charge in [0, 0.05) is 57.7 Å². The van der Waals surface area contributed by atoms with Crippen LogP contribution in [0.5, 0.6) is 17.2 Å². The number of methoxy groups -OCH3 is 1. The SMILES string of the molecule is COc1cccc(CN(Cc2ccc(N3CCOCC3)cc2)c2ccc(OCCOc3cccc(N(C)C)c3)cn2)c1. The molecule has 0 N–H and O–H groups in total. The summed E-state index contributed by atoms with van der Waals surface area (Å²) in [7, 11) is 5.72. The first-order valence-electron chi connectivity index (χ1n) is 14.4. The van der Waals surface area contributed by atoms with Crippen LogP contribution in [0.15, 0.2) is 91.1 Å². The van der Waals surface area contributed by atoms with Crippen molar-refractivity contribution in [2.75, 3.05) is 75.4 Å². The summed E-state index contributed by atoms with van der Waals surface area (Å²) in [5.41, 5.74) is 4.69. The number of rotatable bonds is 13. The highest BCUT2D eigenvalue weighted by Gasteiger charge is 2.14. The molecule has 5 rings (SSSR count). The predicted molar refractivity (Wildman–Crippen MR) is 168 cm³/mol. The summed E-state index contributed by atoms with van der Waals surface area (Å²) >= 11 is 0. The number of pyridine rings is 1. The molecular weight excluding hydrogens is 528 g/mol. The van der Waals surface area contributed by atoms with E-state index in [0.717, 1.165) is 54.9 Å². The van der Waals surface area contributed by atoms with Crippen LogP contribution in [0.1, 0.15) is 11.1 Å². The molecule has 8 nitrogen and oxygen atoms in total. The smallest absolute Gasteiger partial charge is 0.137 e. The molecule has 0 unspecified atom stereocenters. The van der Waals surface area contributed by atoms with Gasteiger partial charge in [-0.25, -0.2) is 4.98 Å². The largest absolute Gasteiger partial charge is 0.497 e. The molecule has 0 spiro atoms. The van der Waals surface area contributed by atoms with E-state index < -0.39 is 0 Å². The number of anilines is 3. The quantitative estimate of drug-likeness (QED) is 0.192. The molecule has 1 aliphatic heterocycles. The summed E-state index contributed by atoms with van der Waals surface area (Å²) in [5.74, 6) is 3.25. The lowest BCUT2D eigenvalue weighted by Crippen LogP contribution is -2.36. The van der Waals surface area contributed by atoms with Gasteiger partial charge in [0.1, 0.15) is 36.3 Å². The molecule has 8 heteroatoms. The van der Waals surface area contributed by atoms with E-state index in [1.54, 1.807) is 13.3 Å². The molecular formula is C34H40N4O4. The normalized spacial score (nSPS) is 13.0. The van der Waals surface area contributed by atoms with Crippen LogP contribution in [-0.2, 0) is 17.8 Å². The maximum absolute atomic E-state index is 5.93. The van der Waals surface area contributed by atoms with Crippen LogP contribution < -0.4 is 28.9 Å². The molecule has 0 atom stereocenters. The van der Waals surface area contributed by atoms with Gasteiger partial charge in [0.25, 0.3) is 0 Å². The van der Waals surface area contributed by atoms with Crippen molar-refractivity contribution in [3.05, 3.63) is 102 Å². The second kappa shape index (κ2) is 14.5. The average Bonchev–Trinajstić information content (AvgIpc) is 3.04. The third-order valence-corrected chi connectivity index (χ3v) is 7.19. The second-order valence-electron chi connectivity index (χ2n) is 10.4. The lowest BCUT2D eigenvalue weighted by molar-refractivity contribution is 0.122. The van der Waals surface area contributed by atoms with Crippen molar-refractivity contribution < 1.29 is 18.9 Å². The molecule has 1 saturated heterocycles. The highest BCUT2D eigenvalue weighted by atomic mass is 16.5. The Morgan fingerprint density at radius 3 is 2.19 bits per heavy atom. The maximum Gasteiger partial charge on any atom is 0.137 e. The van der Waals surface area contributed by atoms with Crippen LogP contribution in [0.4, 0.5) is 17.2 Å². The number of nitrogens with zero attached hydrogens (tertiary/aromatic N) is 4. The number of aromatic nitrogens is 1. The fourth-order valence-corrected chi connectivity index (χ4v) is 4.88. The van der Waals surface area contributed by atoms with Crippen molar-refractivity contribution >= 4 is 17.2 Å². The molecule has 220 valence electrons. The van der Waals surface area contributed by atoms with Crippen molar-refractivity contribution in [3.63, 3.8) is 0 Å². The first kappa shape index (κ1) is 29.1. The summed E-state index contributed by atoms with van der Waals surface area (Å²) in [4.78, 5) is 11.5. The van der Waals surface area contributed by atoms with Crippen molar-refractivity contribution in [3.8, 4) is 17.2 Å². The van der Waals surface area contributed by atoms with Gasteiger partial charge in [-0.05, 0) is 59.7 Å². The van der Waals surface area contributed by atoms with Crippen LogP contribution in [0, 0.1) is 0 Å². The summed E-state index contributed by atoms with van der Waals surface area (Å²) < 4.78 is 22.8. The molecule has 1 aliphatic rings. The van der Waals surface area contributed by atoms with Crippen LogP contribution in [0.25, 0.3) is 0 Å². The molecule has 0 aliphatic carbocycles. The molecule has 42 heavy (non-hydrogen) atoms. The van der Waals surface area contributed by atoms with Crippen LogP contribution >= 0.6 is 0 Å². The second-order valence-corrected chi connectivity index (χ2v) is 10.4. The summed E-state index contributed by atoms with van der Waals surface area (Å²) in [6.45, 7) is 5.68. The highest BCUT2D eigenvalue weighted by molar-refractivity contribution is 5.50. The van der Waals surface area contributed by atoms with Gasteiger partial charge in [0.15, 0.2) is 0 Å². The molecule has 3 aromatic carbocycles. The minimum Gasteiger partial charge on any atom is -0.497 e. The fraction of sp³-hybridized carbons (Fsp3) is 0.324. The number of benzene rings is 3. The van der Waals surface area contributed by atoms with Gasteiger partial charge in [-0.3, -0.25) is 0 Å². The molecule has 0 radical (unpaired) electrons. The average molecular weight is 569 g/mol. The summed E-state index contributed by atoms with van der Waals surface area (Å²) in [6.07, 6.45) is 1.78. The first-order valence-corrected chi connectivity index (χ1v) is 14.4. The minimum atomic E-state index is 0.427. The van der Waals surface area contributed by atoms with E-state index in [0.29, 0.717) is 32.1 Å². The van der Waals surface area contributed by atoms with E-state index in [9.17, 15) is 0 Å². The summed E-state index contributed by atoms with van der Waals surface area (Å²) in [5, 5.41) is 0. The third kappa shape index (κ3) is 8.07. The predicted octanol–water partition coefficient (Wildman–Crippen LogP) is 5.66. The number of hydrogen-bond acceptors (Lipinski definition) is 8. The molecule has 1 fully saturated rings. The monoisotopic (exact) mass is 568 g/mol. The van der Waals surface area contributed by atoms with Crippen molar-refractivity contribution in [2.24, 2.45) is 0 Å². The molecule has 4 aromatic rings. The zero-order valence-corrected chi connectivity index (χ0v) is 24.7. The molecule has 2 heterocycles. The Hall–Kier alpha value is -4.43. The van der Waals surface area contributed by atoms with E-state index in [1.165, 1.54) is 11.3 Å². The Labute approximate surface area is 249 Å². The van der Waals surface area contributed by atoms with Crippen LogP contribution in [0.2, 0.25) is 0 Å². The lowest BCUT2D eigenvalue weighted by atomic mass is 10.1. The Kier molecular flexibility index (Phi) is 10.0. The Bertz CT molecular complexity index is 1390. The Balaban J connectivity index is 1.23. The molecule has 0 amide bonds. The van der Waals surface area contributed by atoms with Crippen molar-refractivity contribution in [2.45, 2.75) is 13.1 Å². The lowest BCUT2D eigenvalue weighted by Gasteiger charge is -2.29. The van der Waals surface area contributed by atoms with E-state index in [4.69, 9.17) is 23.9 Å². The van der Waals surface area contributed by atoms with Gasteiger partial charge in [-0.15, -0.1) is 0 Å². The number of hydrogen-bond donors (Lipinski definition) is 0. The molecule has 0 saturated carbocycles. The van der Waals surface area contributed by atoms with E-state index in [2.05, 4.69) is 57.2 Å². The first-order chi connectivity index (χ1) is 20.6. The molecule has 1 aromatic heterocycles. The Morgan fingerprint density at radius 2 is 1.48 bits per heavy atom. The maximum atomic E-state index is 5.93. The van der Waals surface area contributed by atoms with Crippen LogP contribution in [0.3, 0.4) is 0 Å². The van der Waals surface area contributed by atoms with E-state index in [1.807, 2.05) is 56.6 Å². The van der Waals surface area contributed by atoms with Gasteiger partial charge in [-0.2, -0.15) is 0 Å². The van der Waals surface area contributed by atoms with Crippen LogP contribution in [-0.4, -0.2) is 65.7 Å². The summed E-state index contributed by atoms with van der Waals surface area (Å²) in [6, 6.07) is 29.0. The van der Waals surface area contributed by atoms with Gasteiger partial charge < -0.3 is 33.6 Å². The van der Waals surface area contributed by atoms with Gasteiger partial charge in [0.05, 0.1) is 26.5 Å². The zero-order chi connectivity index (χ0) is 29.1. The third-order valence-electron chi connectivity index (χ3n) is 7.19. The van der Waals surface area contributed by atoms with Gasteiger partial charge >= 0.3 is 0 Å². The standard InChI is InChI=1S/C34H40N4O4/c1-36(2)30-7-5-9-32(23-30)41-20-21-42-33-14-15-34(35-24-33)38(26-28-6-4-8-31(22-28)39-3)25-27-10-12-29(13-11-27)37-16-18-40-19-17-37/h4-15,22-24H,16-21,25-26H2,1-3H3. The van der Waals surface area contributed by atoms with E-state index >= 15 is 0 Å². The Morgan fingerprint density at radius 1 is 0.762 bits per heavy atom. The van der Waals surface area contributed by atoms with Crippen molar-refractivity contribution in [1.82, 2.24) is 4.98 Å². The number of morpholine rings is 1. The zero-order valence-electron chi connectivity index (χ0n) is 24.7. The van der Waals surface area contributed by atoms with Gasteiger partial charge in [-0.1, -0.05) is 30.3 Å². The topological polar surface area (TPSA) is 59.5 Å². The van der Waals surface area contributed by atoms with Gasteiger partial charge in [0.2, 0.25) is 0 Å². The number of ether oxygens (including phenoxy) is 4. The minimum absolute atomic E-state index is 0.427. The highest BCUT2D eigenvalue weighted by Crippen LogP contribution is 2.24. The molecule has 0 bridgehead atoms.